The molecular formula is C21H27N3O4S. The number of hydrogen-bond donors (Lipinski definition) is 0. The van der Waals surface area contributed by atoms with Crippen LogP contribution in [0.3, 0.4) is 0 Å². The summed E-state index contributed by atoms with van der Waals surface area (Å²) in [6, 6.07) is 10.1. The Balaban J connectivity index is 1.60. The van der Waals surface area contributed by atoms with Gasteiger partial charge >= 0.3 is 0 Å². The van der Waals surface area contributed by atoms with E-state index in [0.717, 1.165) is 18.4 Å². The average molecular weight is 418 g/mol. The Bertz CT molecular complexity index is 982. The fourth-order valence-corrected chi connectivity index (χ4v) is 4.17. The van der Waals surface area contributed by atoms with E-state index in [1.54, 1.807) is 23.1 Å². The summed E-state index contributed by atoms with van der Waals surface area (Å²) in [6.45, 7) is 7.74. The maximum absolute atomic E-state index is 12.9. The van der Waals surface area contributed by atoms with Crippen LogP contribution in [-0.2, 0) is 15.3 Å². The van der Waals surface area contributed by atoms with E-state index in [1.807, 2.05) is 12.1 Å². The molecule has 8 heteroatoms. The fourth-order valence-electron chi connectivity index (χ4n) is 3.29. The van der Waals surface area contributed by atoms with E-state index >= 15 is 0 Å². The first-order valence-electron chi connectivity index (χ1n) is 9.61. The van der Waals surface area contributed by atoms with Crippen LogP contribution in [0.2, 0.25) is 0 Å². The smallest absolute Gasteiger partial charge is 0.255 e. The number of amides is 1. The molecule has 1 saturated heterocycles. The fraction of sp³-hybridized carbons (Fsp3) is 0.476. The van der Waals surface area contributed by atoms with E-state index in [9.17, 15) is 13.2 Å². The second kappa shape index (κ2) is 8.10. The van der Waals surface area contributed by atoms with E-state index in [2.05, 4.69) is 31.0 Å². The third-order valence-corrected chi connectivity index (χ3v) is 6.12. The zero-order chi connectivity index (χ0) is 21.2. The topological polar surface area (TPSA) is 89.5 Å². The lowest BCUT2D eigenvalue weighted by atomic mass is 9.92. The van der Waals surface area contributed by atoms with Crippen LogP contribution in [0.25, 0.3) is 0 Å². The molecule has 2 heterocycles. The van der Waals surface area contributed by atoms with Gasteiger partial charge in [-0.3, -0.25) is 4.79 Å². The van der Waals surface area contributed by atoms with E-state index in [-0.39, 0.29) is 27.7 Å². The van der Waals surface area contributed by atoms with Crippen molar-refractivity contribution in [3.63, 3.8) is 0 Å². The highest BCUT2D eigenvalue weighted by atomic mass is 32.2. The van der Waals surface area contributed by atoms with Gasteiger partial charge in [0.1, 0.15) is 0 Å². The monoisotopic (exact) mass is 417 g/mol. The van der Waals surface area contributed by atoms with Gasteiger partial charge < -0.3 is 9.64 Å². The molecule has 0 saturated carbocycles. The predicted octanol–water partition coefficient (Wildman–Crippen LogP) is 2.72. The van der Waals surface area contributed by atoms with Crippen LogP contribution in [0, 0.1) is 5.92 Å². The Labute approximate surface area is 172 Å². The maximum atomic E-state index is 12.9. The van der Waals surface area contributed by atoms with Crippen molar-refractivity contribution in [2.24, 2.45) is 5.92 Å². The van der Waals surface area contributed by atoms with Crippen molar-refractivity contribution in [2.45, 2.75) is 37.5 Å². The third kappa shape index (κ3) is 5.12. The van der Waals surface area contributed by atoms with Crippen LogP contribution in [-0.4, -0.2) is 55.4 Å². The van der Waals surface area contributed by atoms with E-state index in [1.165, 1.54) is 6.07 Å². The summed E-state index contributed by atoms with van der Waals surface area (Å²) in [5, 5.41) is 8.34. The molecule has 1 aromatic heterocycles. The largest absolute Gasteiger partial charge is 0.476 e. The van der Waals surface area contributed by atoms with Gasteiger partial charge in [-0.1, -0.05) is 32.9 Å². The number of benzene rings is 1. The minimum absolute atomic E-state index is 0.0684. The normalized spacial score (nSPS) is 17.4. The van der Waals surface area contributed by atoms with Gasteiger partial charge in [-0.05, 0) is 24.6 Å². The number of carbonyl (C=O) groups excluding carboxylic acids is 1. The van der Waals surface area contributed by atoms with Gasteiger partial charge in [0.2, 0.25) is 5.88 Å². The van der Waals surface area contributed by atoms with Gasteiger partial charge in [0.15, 0.2) is 9.84 Å². The summed E-state index contributed by atoms with van der Waals surface area (Å²) in [7, 11) is -3.47. The number of sulfone groups is 1. The molecule has 1 amide bonds. The summed E-state index contributed by atoms with van der Waals surface area (Å²) in [4.78, 5) is 14.6. The highest BCUT2D eigenvalue weighted by molar-refractivity contribution is 7.90. The van der Waals surface area contributed by atoms with Crippen molar-refractivity contribution < 1.29 is 17.9 Å². The van der Waals surface area contributed by atoms with Crippen molar-refractivity contribution in [3.8, 4) is 5.88 Å². The Morgan fingerprint density at radius 1 is 1.17 bits per heavy atom. The molecule has 1 aromatic carbocycles. The molecule has 1 fully saturated rings. The summed E-state index contributed by atoms with van der Waals surface area (Å²) in [5.41, 5.74) is 1.05. The second-order valence-electron chi connectivity index (χ2n) is 8.49. The van der Waals surface area contributed by atoms with Gasteiger partial charge in [0.25, 0.3) is 5.91 Å². The summed E-state index contributed by atoms with van der Waals surface area (Å²) >= 11 is 0. The first-order chi connectivity index (χ1) is 13.6. The van der Waals surface area contributed by atoms with E-state index in [0.29, 0.717) is 25.6 Å². The number of rotatable bonds is 5. The Hall–Kier alpha value is -2.48. The average Bonchev–Trinajstić information content (AvgIpc) is 3.14. The molecule has 1 aliphatic heterocycles. The zero-order valence-electron chi connectivity index (χ0n) is 17.3. The van der Waals surface area contributed by atoms with Gasteiger partial charge in [-0.2, -0.15) is 5.10 Å². The van der Waals surface area contributed by atoms with Gasteiger partial charge in [-0.15, -0.1) is 5.10 Å². The van der Waals surface area contributed by atoms with Crippen LogP contribution < -0.4 is 4.74 Å². The first kappa shape index (κ1) is 21.2. The van der Waals surface area contributed by atoms with Crippen molar-refractivity contribution in [3.05, 3.63) is 47.7 Å². The maximum Gasteiger partial charge on any atom is 0.255 e. The van der Waals surface area contributed by atoms with Crippen LogP contribution in [0.4, 0.5) is 0 Å². The highest BCUT2D eigenvalue weighted by Gasteiger charge is 2.30. The Morgan fingerprint density at radius 3 is 2.52 bits per heavy atom. The van der Waals surface area contributed by atoms with Crippen molar-refractivity contribution >= 4 is 15.7 Å². The number of nitrogens with zero attached hydrogens (tertiary/aromatic N) is 3. The van der Waals surface area contributed by atoms with Gasteiger partial charge in [-0.25, -0.2) is 8.42 Å². The minimum atomic E-state index is -3.47. The number of aromatic nitrogens is 2. The number of hydrogen-bond acceptors (Lipinski definition) is 6. The van der Waals surface area contributed by atoms with Gasteiger partial charge in [0, 0.05) is 36.7 Å². The Kier molecular flexibility index (Phi) is 5.93. The van der Waals surface area contributed by atoms with Crippen molar-refractivity contribution in [1.29, 1.82) is 0 Å². The summed E-state index contributed by atoms with van der Waals surface area (Å²) < 4.78 is 29.7. The Morgan fingerprint density at radius 2 is 1.90 bits per heavy atom. The quantitative estimate of drug-likeness (QED) is 0.743. The summed E-state index contributed by atoms with van der Waals surface area (Å²) in [5.74, 6) is 0.362. The predicted molar refractivity (Wildman–Crippen MR) is 110 cm³/mol. The molecule has 1 aliphatic rings. The molecule has 7 nitrogen and oxygen atoms in total. The second-order valence-corrected chi connectivity index (χ2v) is 10.5. The first-order valence-corrected chi connectivity index (χ1v) is 11.5. The standard InChI is InChI=1S/C21H27N3O4S/c1-21(2,3)18-9-10-19(23-22-18)28-14-15-11-12-24(13-15)20(25)16-7-5-6-8-17(16)29(4,26)27/h5-10,15H,11-14H2,1-4H3. The SMILES string of the molecule is CC(C)(C)c1ccc(OCC2CCN(C(=O)c3ccccc3S(C)(=O)=O)C2)nn1. The third-order valence-electron chi connectivity index (χ3n) is 4.97. The zero-order valence-corrected chi connectivity index (χ0v) is 18.1. The molecular weight excluding hydrogens is 390 g/mol. The number of carbonyl (C=O) groups is 1. The van der Waals surface area contributed by atoms with Crippen LogP contribution in [0.15, 0.2) is 41.3 Å². The molecule has 0 aliphatic carbocycles. The molecule has 2 aromatic rings. The molecule has 1 unspecified atom stereocenters. The lowest BCUT2D eigenvalue weighted by Crippen LogP contribution is -2.30. The van der Waals surface area contributed by atoms with E-state index < -0.39 is 9.84 Å². The highest BCUT2D eigenvalue weighted by Crippen LogP contribution is 2.24. The molecule has 1 atom stereocenters. The van der Waals surface area contributed by atoms with Crippen molar-refractivity contribution in [1.82, 2.24) is 15.1 Å². The number of likely N-dealkylation sites (tertiary alicyclic amines) is 1. The molecule has 0 radical (unpaired) electrons. The molecule has 0 spiro atoms. The summed E-state index contributed by atoms with van der Waals surface area (Å²) in [6.07, 6.45) is 1.91. The molecule has 156 valence electrons. The lowest BCUT2D eigenvalue weighted by Gasteiger charge is -2.18. The van der Waals surface area contributed by atoms with Crippen molar-refractivity contribution in [2.75, 3.05) is 26.0 Å². The molecule has 29 heavy (non-hydrogen) atoms. The number of ether oxygens (including phenoxy) is 1. The van der Waals surface area contributed by atoms with Crippen LogP contribution in [0.1, 0.15) is 43.2 Å². The van der Waals surface area contributed by atoms with Crippen LogP contribution in [0.5, 0.6) is 5.88 Å². The molecule has 0 bridgehead atoms. The molecule has 0 N–H and O–H groups in total. The minimum Gasteiger partial charge on any atom is -0.476 e. The lowest BCUT2D eigenvalue weighted by molar-refractivity contribution is 0.0779. The molecule has 3 rings (SSSR count). The van der Waals surface area contributed by atoms with Crippen LogP contribution >= 0.6 is 0 Å². The van der Waals surface area contributed by atoms with E-state index in [4.69, 9.17) is 4.74 Å². The van der Waals surface area contributed by atoms with Gasteiger partial charge in [0.05, 0.1) is 22.8 Å².